The van der Waals surface area contributed by atoms with Crippen LogP contribution in [0.1, 0.15) is 23.2 Å². The average molecular weight is 345 g/mol. The summed E-state index contributed by atoms with van der Waals surface area (Å²) in [7, 11) is 0. The molecule has 1 aliphatic rings. The van der Waals surface area contributed by atoms with Crippen molar-refractivity contribution >= 4 is 29.2 Å². The van der Waals surface area contributed by atoms with Gasteiger partial charge in [0.05, 0.1) is 11.6 Å². The molecule has 2 aromatic carbocycles. The molecule has 2 aromatic rings. The fourth-order valence-corrected chi connectivity index (χ4v) is 2.98. The molecular formula is C18H17ClN2O3. The van der Waals surface area contributed by atoms with Gasteiger partial charge in [0.25, 0.3) is 0 Å². The molecule has 6 heteroatoms. The maximum Gasteiger partial charge on any atom is 0.335 e. The maximum absolute atomic E-state index is 12.2. The molecule has 1 fully saturated rings. The van der Waals surface area contributed by atoms with Crippen LogP contribution in [0.3, 0.4) is 0 Å². The molecule has 5 nitrogen and oxygen atoms in total. The standard InChI is InChI=1S/C18H17ClN2O3/c19-15-8-7-13(21-17(22)16-2-1-9-20-16)10-14(15)11-3-5-12(6-4-11)18(23)24/h3-8,10,16,20H,1-2,9H2,(H,21,22)(H,23,24)/t16-/m1/s1. The van der Waals surface area contributed by atoms with Gasteiger partial charge in [-0.05, 0) is 55.3 Å². The summed E-state index contributed by atoms with van der Waals surface area (Å²) in [6, 6.07) is 11.6. The fraction of sp³-hybridized carbons (Fsp3) is 0.222. The number of anilines is 1. The predicted octanol–water partition coefficient (Wildman–Crippen LogP) is 3.40. The molecule has 3 N–H and O–H groups in total. The number of rotatable bonds is 4. The lowest BCUT2D eigenvalue weighted by Gasteiger charge is -2.13. The van der Waals surface area contributed by atoms with E-state index in [2.05, 4.69) is 10.6 Å². The number of carbonyl (C=O) groups excluding carboxylic acids is 1. The third-order valence-electron chi connectivity index (χ3n) is 4.05. The van der Waals surface area contributed by atoms with Gasteiger partial charge in [-0.25, -0.2) is 4.79 Å². The van der Waals surface area contributed by atoms with Crippen molar-refractivity contribution in [1.29, 1.82) is 0 Å². The Morgan fingerprint density at radius 1 is 1.17 bits per heavy atom. The SMILES string of the molecule is O=C(O)c1ccc(-c2cc(NC(=O)[C@H]3CCCN3)ccc2Cl)cc1. The summed E-state index contributed by atoms with van der Waals surface area (Å²) in [5, 5.41) is 15.6. The third kappa shape index (κ3) is 3.58. The van der Waals surface area contributed by atoms with E-state index in [0.29, 0.717) is 10.7 Å². The monoisotopic (exact) mass is 344 g/mol. The van der Waals surface area contributed by atoms with Crippen molar-refractivity contribution in [2.45, 2.75) is 18.9 Å². The number of carboxylic acids is 1. The van der Waals surface area contributed by atoms with Crippen LogP contribution in [0.25, 0.3) is 11.1 Å². The van der Waals surface area contributed by atoms with Gasteiger partial charge in [-0.2, -0.15) is 0 Å². The van der Waals surface area contributed by atoms with Crippen molar-refractivity contribution in [3.05, 3.63) is 53.1 Å². The van der Waals surface area contributed by atoms with Crippen molar-refractivity contribution in [3.63, 3.8) is 0 Å². The first-order chi connectivity index (χ1) is 11.5. The molecule has 0 saturated carbocycles. The van der Waals surface area contributed by atoms with Crippen molar-refractivity contribution in [2.24, 2.45) is 0 Å². The smallest absolute Gasteiger partial charge is 0.335 e. The number of hydrogen-bond donors (Lipinski definition) is 3. The van der Waals surface area contributed by atoms with Gasteiger partial charge in [0, 0.05) is 16.3 Å². The van der Waals surface area contributed by atoms with Crippen LogP contribution in [0.2, 0.25) is 5.02 Å². The van der Waals surface area contributed by atoms with Crippen molar-refractivity contribution < 1.29 is 14.7 Å². The lowest BCUT2D eigenvalue weighted by Crippen LogP contribution is -2.35. The molecular weight excluding hydrogens is 328 g/mol. The van der Waals surface area contributed by atoms with Gasteiger partial charge in [-0.15, -0.1) is 0 Å². The highest BCUT2D eigenvalue weighted by Gasteiger charge is 2.22. The Morgan fingerprint density at radius 3 is 2.54 bits per heavy atom. The Balaban J connectivity index is 1.83. The maximum atomic E-state index is 12.2. The van der Waals surface area contributed by atoms with Crippen LogP contribution in [0.15, 0.2) is 42.5 Å². The largest absolute Gasteiger partial charge is 0.478 e. The van der Waals surface area contributed by atoms with Gasteiger partial charge in [-0.3, -0.25) is 4.79 Å². The van der Waals surface area contributed by atoms with Gasteiger partial charge in [0.15, 0.2) is 0 Å². The highest BCUT2D eigenvalue weighted by molar-refractivity contribution is 6.33. The molecule has 1 saturated heterocycles. The normalized spacial score (nSPS) is 16.8. The molecule has 0 bridgehead atoms. The first-order valence-corrected chi connectivity index (χ1v) is 8.10. The summed E-state index contributed by atoms with van der Waals surface area (Å²) in [5.41, 5.74) is 2.41. The first kappa shape index (κ1) is 16.5. The summed E-state index contributed by atoms with van der Waals surface area (Å²) in [4.78, 5) is 23.1. The zero-order valence-electron chi connectivity index (χ0n) is 12.9. The van der Waals surface area contributed by atoms with E-state index in [-0.39, 0.29) is 17.5 Å². The van der Waals surface area contributed by atoms with Gasteiger partial charge >= 0.3 is 5.97 Å². The van der Waals surface area contributed by atoms with Crippen molar-refractivity contribution in [3.8, 4) is 11.1 Å². The summed E-state index contributed by atoms with van der Waals surface area (Å²) >= 11 is 6.26. The number of carboxylic acid groups (broad SMARTS) is 1. The first-order valence-electron chi connectivity index (χ1n) is 7.72. The number of amides is 1. The van der Waals surface area contributed by atoms with Crippen molar-refractivity contribution in [1.82, 2.24) is 5.32 Å². The summed E-state index contributed by atoms with van der Waals surface area (Å²) in [6.45, 7) is 0.861. The minimum atomic E-state index is -0.974. The van der Waals surface area contributed by atoms with E-state index in [1.165, 1.54) is 12.1 Å². The highest BCUT2D eigenvalue weighted by atomic mass is 35.5. The summed E-state index contributed by atoms with van der Waals surface area (Å²) in [6.07, 6.45) is 1.84. The van der Waals surface area contributed by atoms with Crippen LogP contribution in [-0.2, 0) is 4.79 Å². The van der Waals surface area contributed by atoms with Gasteiger partial charge < -0.3 is 15.7 Å². The molecule has 0 spiro atoms. The average Bonchev–Trinajstić information content (AvgIpc) is 3.11. The summed E-state index contributed by atoms with van der Waals surface area (Å²) < 4.78 is 0. The Morgan fingerprint density at radius 2 is 1.92 bits per heavy atom. The lowest BCUT2D eigenvalue weighted by molar-refractivity contribution is -0.117. The number of hydrogen-bond acceptors (Lipinski definition) is 3. The molecule has 0 unspecified atom stereocenters. The number of benzene rings is 2. The molecule has 1 aliphatic heterocycles. The quantitative estimate of drug-likeness (QED) is 0.794. The van der Waals surface area contributed by atoms with E-state index in [9.17, 15) is 9.59 Å². The molecule has 0 radical (unpaired) electrons. The van der Waals surface area contributed by atoms with E-state index in [1.54, 1.807) is 30.3 Å². The minimum absolute atomic E-state index is 0.0537. The molecule has 0 aromatic heterocycles. The Bertz CT molecular complexity index is 768. The second kappa shape index (κ2) is 7.03. The molecule has 124 valence electrons. The van der Waals surface area contributed by atoms with E-state index >= 15 is 0 Å². The van der Waals surface area contributed by atoms with Gasteiger partial charge in [-0.1, -0.05) is 23.7 Å². The van der Waals surface area contributed by atoms with Crippen LogP contribution >= 0.6 is 11.6 Å². The van der Waals surface area contributed by atoms with Gasteiger partial charge in [0.2, 0.25) is 5.91 Å². The molecule has 1 heterocycles. The zero-order chi connectivity index (χ0) is 17.1. The number of halogens is 1. The van der Waals surface area contributed by atoms with Gasteiger partial charge in [0.1, 0.15) is 0 Å². The Labute approximate surface area is 144 Å². The van der Waals surface area contributed by atoms with Crippen LogP contribution < -0.4 is 10.6 Å². The second-order valence-electron chi connectivity index (χ2n) is 5.72. The lowest BCUT2D eigenvalue weighted by atomic mass is 10.0. The molecule has 1 atom stereocenters. The second-order valence-corrected chi connectivity index (χ2v) is 6.12. The minimum Gasteiger partial charge on any atom is -0.478 e. The summed E-state index contributed by atoms with van der Waals surface area (Å²) in [5.74, 6) is -1.03. The highest BCUT2D eigenvalue weighted by Crippen LogP contribution is 2.31. The Kier molecular flexibility index (Phi) is 4.83. The molecule has 0 aliphatic carbocycles. The van der Waals surface area contributed by atoms with E-state index < -0.39 is 5.97 Å². The molecule has 24 heavy (non-hydrogen) atoms. The Hall–Kier alpha value is -2.37. The number of aromatic carboxylic acids is 1. The van der Waals surface area contributed by atoms with Crippen LogP contribution in [0, 0.1) is 0 Å². The number of nitrogens with one attached hydrogen (secondary N) is 2. The molecule has 1 amide bonds. The fourth-order valence-electron chi connectivity index (χ4n) is 2.75. The van der Waals surface area contributed by atoms with Crippen molar-refractivity contribution in [2.75, 3.05) is 11.9 Å². The van der Waals surface area contributed by atoms with Crippen LogP contribution in [0.4, 0.5) is 5.69 Å². The van der Waals surface area contributed by atoms with E-state index in [0.717, 1.165) is 30.5 Å². The zero-order valence-corrected chi connectivity index (χ0v) is 13.6. The van der Waals surface area contributed by atoms with E-state index in [1.807, 2.05) is 0 Å². The predicted molar refractivity (Wildman–Crippen MR) is 93.5 cm³/mol. The van der Waals surface area contributed by atoms with E-state index in [4.69, 9.17) is 16.7 Å². The van der Waals surface area contributed by atoms with Crippen LogP contribution in [0.5, 0.6) is 0 Å². The molecule has 3 rings (SSSR count). The topological polar surface area (TPSA) is 78.4 Å². The van der Waals surface area contributed by atoms with Crippen LogP contribution in [-0.4, -0.2) is 29.6 Å². The number of carbonyl (C=O) groups is 2. The third-order valence-corrected chi connectivity index (χ3v) is 4.38.